The lowest BCUT2D eigenvalue weighted by atomic mass is 10.0. The molecular formula is C24H42N4Si2. The molecule has 0 saturated carbocycles. The number of nitrogens with zero attached hydrogens (tertiary/aromatic N) is 2. The van der Waals surface area contributed by atoms with E-state index in [1.807, 2.05) is 24.5 Å². The van der Waals surface area contributed by atoms with E-state index in [9.17, 15) is 0 Å². The van der Waals surface area contributed by atoms with Gasteiger partial charge in [-0.1, -0.05) is 79.9 Å². The molecule has 0 aromatic carbocycles. The first-order valence-corrected chi connectivity index (χ1v) is 17.0. The quantitative estimate of drug-likeness (QED) is 0.484. The van der Waals surface area contributed by atoms with Gasteiger partial charge in [-0.2, -0.15) is 0 Å². The molecule has 2 rings (SSSR count). The Labute approximate surface area is 186 Å². The summed E-state index contributed by atoms with van der Waals surface area (Å²) in [6, 6.07) is 12.6. The fourth-order valence-corrected chi connectivity index (χ4v) is 6.04. The van der Waals surface area contributed by atoms with Crippen LogP contribution in [0.3, 0.4) is 0 Å². The molecule has 2 aromatic rings. The summed E-state index contributed by atoms with van der Waals surface area (Å²) in [6.07, 6.45) is 3.80. The van der Waals surface area contributed by atoms with E-state index in [2.05, 4.69) is 102 Å². The Morgan fingerprint density at radius 1 is 0.633 bits per heavy atom. The summed E-state index contributed by atoms with van der Waals surface area (Å²) in [5.41, 5.74) is 2.15. The lowest BCUT2D eigenvalue weighted by Crippen LogP contribution is -2.60. The molecule has 4 nitrogen and oxygen atoms in total. The molecule has 2 N–H and O–H groups in total. The van der Waals surface area contributed by atoms with Gasteiger partial charge in [0.1, 0.15) is 16.5 Å². The van der Waals surface area contributed by atoms with Crippen molar-refractivity contribution in [2.24, 2.45) is 0 Å². The molecule has 0 aliphatic heterocycles. The average molecular weight is 443 g/mol. The highest BCUT2D eigenvalue weighted by atomic mass is 28.3. The zero-order chi connectivity index (χ0) is 22.8. The van der Waals surface area contributed by atoms with Gasteiger partial charge in [-0.15, -0.1) is 0 Å². The smallest absolute Gasteiger partial charge is 0.125 e. The molecule has 30 heavy (non-hydrogen) atoms. The molecule has 0 spiro atoms. The third-order valence-corrected chi connectivity index (χ3v) is 16.7. The second-order valence-electron chi connectivity index (χ2n) is 11.5. The monoisotopic (exact) mass is 442 g/mol. The van der Waals surface area contributed by atoms with Gasteiger partial charge in [0.15, 0.2) is 0 Å². The molecule has 0 saturated heterocycles. The second kappa shape index (κ2) is 9.03. The highest BCUT2D eigenvalue weighted by molar-refractivity contribution is 6.78. The summed E-state index contributed by atoms with van der Waals surface area (Å²) in [4.78, 5) is 17.8. The molecule has 166 valence electrons. The van der Waals surface area contributed by atoms with E-state index in [0.717, 1.165) is 11.4 Å². The van der Waals surface area contributed by atoms with Crippen LogP contribution in [0.5, 0.6) is 0 Å². The van der Waals surface area contributed by atoms with Crippen LogP contribution < -0.4 is 9.96 Å². The van der Waals surface area contributed by atoms with E-state index in [0.29, 0.717) is 0 Å². The lowest BCUT2D eigenvalue weighted by molar-refractivity contribution is 0.449. The number of nitrogens with one attached hydrogen (secondary N) is 2. The Balaban J connectivity index is 2.61. The van der Waals surface area contributed by atoms with Crippen LogP contribution in [0.2, 0.25) is 36.3 Å². The van der Waals surface area contributed by atoms with Crippen LogP contribution in [0.1, 0.15) is 65.0 Å². The van der Waals surface area contributed by atoms with Gasteiger partial charge in [-0.3, -0.25) is 9.97 Å². The van der Waals surface area contributed by atoms with E-state index in [1.165, 1.54) is 0 Å². The van der Waals surface area contributed by atoms with Gasteiger partial charge < -0.3 is 9.96 Å². The van der Waals surface area contributed by atoms with Gasteiger partial charge in [0, 0.05) is 12.4 Å². The fraction of sp³-hybridized carbons (Fsp3) is 0.583. The third-order valence-electron chi connectivity index (χ3n) is 7.13. The zero-order valence-electron chi connectivity index (χ0n) is 20.7. The molecule has 0 bridgehead atoms. The highest BCUT2D eigenvalue weighted by Crippen LogP contribution is 2.41. The van der Waals surface area contributed by atoms with E-state index in [4.69, 9.17) is 9.97 Å². The largest absolute Gasteiger partial charge is 0.328 e. The van der Waals surface area contributed by atoms with E-state index >= 15 is 0 Å². The van der Waals surface area contributed by atoms with Crippen molar-refractivity contribution < 1.29 is 0 Å². The maximum atomic E-state index is 4.79. The Morgan fingerprint density at radius 2 is 0.967 bits per heavy atom. The highest BCUT2D eigenvalue weighted by Gasteiger charge is 2.44. The van der Waals surface area contributed by atoms with Gasteiger partial charge in [-0.25, -0.2) is 0 Å². The Hall–Kier alpha value is -1.35. The van der Waals surface area contributed by atoms with Crippen molar-refractivity contribution in [3.05, 3.63) is 60.2 Å². The predicted octanol–water partition coefficient (Wildman–Crippen LogP) is 6.45. The minimum atomic E-state index is -1.81. The fourth-order valence-electron chi connectivity index (χ4n) is 2.99. The first kappa shape index (κ1) is 24.9. The second-order valence-corrected chi connectivity index (χ2v) is 21.6. The predicted molar refractivity (Wildman–Crippen MR) is 135 cm³/mol. The molecule has 2 atom stereocenters. The van der Waals surface area contributed by atoms with Gasteiger partial charge in [0.25, 0.3) is 0 Å². The van der Waals surface area contributed by atoms with Crippen LogP contribution in [-0.2, 0) is 0 Å². The van der Waals surface area contributed by atoms with Crippen molar-refractivity contribution in [3.8, 4) is 0 Å². The molecular weight excluding hydrogens is 400 g/mol. The maximum absolute atomic E-state index is 4.79. The molecule has 0 aliphatic rings. The molecule has 0 radical (unpaired) electrons. The van der Waals surface area contributed by atoms with Gasteiger partial charge in [0.05, 0.1) is 23.5 Å². The van der Waals surface area contributed by atoms with Crippen LogP contribution in [0.25, 0.3) is 0 Å². The minimum Gasteiger partial charge on any atom is -0.328 e. The number of hydrogen-bond acceptors (Lipinski definition) is 4. The molecule has 0 amide bonds. The molecule has 0 fully saturated rings. The molecule has 2 heterocycles. The van der Waals surface area contributed by atoms with Gasteiger partial charge in [-0.05, 0) is 34.3 Å². The van der Waals surface area contributed by atoms with E-state index in [-0.39, 0.29) is 22.2 Å². The summed E-state index contributed by atoms with van der Waals surface area (Å²) in [6.45, 7) is 23.8. The Kier molecular flexibility index (Phi) is 7.50. The van der Waals surface area contributed by atoms with Crippen LogP contribution in [0.4, 0.5) is 0 Å². The van der Waals surface area contributed by atoms with Crippen molar-refractivity contribution in [1.29, 1.82) is 0 Å². The van der Waals surface area contributed by atoms with Crippen molar-refractivity contribution in [2.75, 3.05) is 0 Å². The van der Waals surface area contributed by atoms with Crippen LogP contribution in [-0.4, -0.2) is 26.4 Å². The zero-order valence-corrected chi connectivity index (χ0v) is 22.7. The molecule has 0 unspecified atom stereocenters. The molecule has 6 heteroatoms. The van der Waals surface area contributed by atoms with E-state index in [1.54, 1.807) is 0 Å². The number of pyridine rings is 2. The normalized spacial score (nSPS) is 15.7. The topological polar surface area (TPSA) is 49.8 Å². The van der Waals surface area contributed by atoms with E-state index < -0.39 is 16.5 Å². The van der Waals surface area contributed by atoms with Gasteiger partial charge in [0.2, 0.25) is 0 Å². The van der Waals surface area contributed by atoms with Crippen LogP contribution >= 0.6 is 0 Å². The summed E-state index contributed by atoms with van der Waals surface area (Å²) in [5, 5.41) is 0.428. The summed E-state index contributed by atoms with van der Waals surface area (Å²) in [7, 11) is -3.62. The van der Waals surface area contributed by atoms with Crippen LogP contribution in [0, 0.1) is 0 Å². The van der Waals surface area contributed by atoms with Crippen LogP contribution in [0.15, 0.2) is 48.8 Å². The Bertz CT molecular complexity index is 724. The SMILES string of the molecule is CC(C)(C)[Si](C)(C)N[C@H](c1ccccn1)[C@@H](N[Si](C)(C)C(C)(C)C)c1ccccn1. The van der Waals surface area contributed by atoms with Gasteiger partial charge >= 0.3 is 0 Å². The van der Waals surface area contributed by atoms with Crippen molar-refractivity contribution >= 4 is 16.5 Å². The van der Waals surface area contributed by atoms with Crippen molar-refractivity contribution in [1.82, 2.24) is 19.9 Å². The number of hydrogen-bond donors (Lipinski definition) is 2. The maximum Gasteiger partial charge on any atom is 0.125 e. The summed E-state index contributed by atoms with van der Waals surface area (Å²) < 4.78 is 0. The number of rotatable bonds is 7. The summed E-state index contributed by atoms with van der Waals surface area (Å²) >= 11 is 0. The standard InChI is InChI=1S/C24H42N4Si2/c1-23(2,3)29(7,8)27-21(19-15-11-13-17-25-19)22(20-16-12-14-18-26-20)28-30(9,10)24(4,5)6/h11-18,21-22,27-28H,1-10H3/t21-,22+. The molecule has 0 aliphatic carbocycles. The molecule has 2 aromatic heterocycles. The van der Waals surface area contributed by atoms with Crippen molar-refractivity contribution in [3.63, 3.8) is 0 Å². The lowest BCUT2D eigenvalue weighted by Gasteiger charge is -2.46. The first-order chi connectivity index (χ1) is 13.7. The van der Waals surface area contributed by atoms with Crippen molar-refractivity contribution in [2.45, 2.75) is 89.9 Å². The third kappa shape index (κ3) is 5.87. The number of aromatic nitrogens is 2. The first-order valence-electron chi connectivity index (χ1n) is 11.0. The average Bonchev–Trinajstić information content (AvgIpc) is 2.64. The Morgan fingerprint density at radius 3 is 1.20 bits per heavy atom. The summed E-state index contributed by atoms with van der Waals surface area (Å²) in [5.74, 6) is 0. The minimum absolute atomic E-state index is 0.0520.